The van der Waals surface area contributed by atoms with Crippen molar-refractivity contribution in [3.63, 3.8) is 0 Å². The number of nitrogens with two attached hydrogens (primary N) is 1. The van der Waals surface area contributed by atoms with E-state index in [1.807, 2.05) is 11.8 Å². The number of aromatic nitrogens is 1. The Labute approximate surface area is 127 Å². The van der Waals surface area contributed by atoms with E-state index in [0.717, 1.165) is 18.6 Å². The van der Waals surface area contributed by atoms with Crippen LogP contribution in [0.3, 0.4) is 0 Å². The fourth-order valence-corrected chi connectivity index (χ4v) is 2.80. The van der Waals surface area contributed by atoms with Gasteiger partial charge in [0, 0.05) is 20.2 Å². The summed E-state index contributed by atoms with van der Waals surface area (Å²) in [5.74, 6) is 1.24. The van der Waals surface area contributed by atoms with E-state index in [2.05, 4.69) is 21.9 Å². The minimum absolute atomic E-state index is 0.149. The largest absolute Gasteiger partial charge is 0.383 e. The zero-order valence-corrected chi connectivity index (χ0v) is 13.5. The molecule has 0 spiro atoms. The first-order chi connectivity index (χ1) is 9.69. The smallest absolute Gasteiger partial charge is 0.265 e. The number of methoxy groups -OCH3 is 1. The molecule has 1 amide bonds. The summed E-state index contributed by atoms with van der Waals surface area (Å²) >= 11 is 3.08. The molecule has 8 heteroatoms. The Balaban J connectivity index is 2.39. The third-order valence-electron chi connectivity index (χ3n) is 2.50. The molecule has 0 aliphatic rings. The number of hydrogen-bond acceptors (Lipinski definition) is 7. The van der Waals surface area contributed by atoms with Crippen LogP contribution in [0.1, 0.15) is 22.5 Å². The van der Waals surface area contributed by atoms with Crippen molar-refractivity contribution in [1.29, 1.82) is 0 Å². The number of ether oxygens (including phenoxy) is 1. The van der Waals surface area contributed by atoms with Crippen molar-refractivity contribution in [3.8, 4) is 0 Å². The maximum atomic E-state index is 12.0. The number of anilines is 2. The second-order valence-corrected chi connectivity index (χ2v) is 6.09. The zero-order chi connectivity index (χ0) is 14.8. The second-order valence-electron chi connectivity index (χ2n) is 4.11. The molecule has 1 aromatic heterocycles. The average molecular weight is 318 g/mol. The summed E-state index contributed by atoms with van der Waals surface area (Å²) in [5, 5.41) is 6.58. The molecule has 0 unspecified atom stereocenters. The summed E-state index contributed by atoms with van der Waals surface area (Å²) in [6, 6.07) is 0. The first kappa shape index (κ1) is 17.1. The molecular formula is C12H22N4O2S2. The number of thioether (sulfide) groups is 1. The molecular weight excluding hydrogens is 296 g/mol. The van der Waals surface area contributed by atoms with Crippen LogP contribution in [0.4, 0.5) is 10.9 Å². The zero-order valence-electron chi connectivity index (χ0n) is 11.9. The molecule has 0 aliphatic carbocycles. The van der Waals surface area contributed by atoms with Crippen LogP contribution in [-0.2, 0) is 4.74 Å². The van der Waals surface area contributed by atoms with E-state index in [4.69, 9.17) is 10.5 Å². The van der Waals surface area contributed by atoms with Crippen LogP contribution in [0.5, 0.6) is 0 Å². The Hall–Kier alpha value is -0.990. The van der Waals surface area contributed by atoms with Crippen LogP contribution in [-0.4, -0.2) is 49.7 Å². The van der Waals surface area contributed by atoms with Crippen LogP contribution in [0.25, 0.3) is 0 Å². The highest BCUT2D eigenvalue weighted by atomic mass is 32.2. The van der Waals surface area contributed by atoms with E-state index in [1.165, 1.54) is 11.3 Å². The number of nitrogens with zero attached hydrogens (tertiary/aromatic N) is 1. The lowest BCUT2D eigenvalue weighted by molar-refractivity contribution is 0.0958. The Morgan fingerprint density at radius 1 is 1.45 bits per heavy atom. The lowest BCUT2D eigenvalue weighted by Crippen LogP contribution is -2.24. The van der Waals surface area contributed by atoms with E-state index in [0.29, 0.717) is 29.7 Å². The number of carbonyl (C=O) groups is 1. The summed E-state index contributed by atoms with van der Waals surface area (Å²) in [7, 11) is 1.63. The molecule has 0 atom stereocenters. The van der Waals surface area contributed by atoms with Crippen molar-refractivity contribution >= 4 is 40.0 Å². The number of carbonyl (C=O) groups excluding carboxylic acids is 1. The monoisotopic (exact) mass is 318 g/mol. The number of hydrogen-bond donors (Lipinski definition) is 3. The average Bonchev–Trinajstić information content (AvgIpc) is 2.80. The maximum Gasteiger partial charge on any atom is 0.265 e. The molecule has 20 heavy (non-hydrogen) atoms. The van der Waals surface area contributed by atoms with Crippen molar-refractivity contribution in [2.75, 3.05) is 49.9 Å². The van der Waals surface area contributed by atoms with E-state index in [1.54, 1.807) is 7.11 Å². The summed E-state index contributed by atoms with van der Waals surface area (Å²) < 4.78 is 4.94. The quantitative estimate of drug-likeness (QED) is 0.569. The van der Waals surface area contributed by atoms with Crippen LogP contribution < -0.4 is 16.4 Å². The SMILES string of the molecule is COCCNc1nc(N)c(C(=O)NCCCCSC)s1. The number of unbranched alkanes of at least 4 members (excludes halogenated alkanes) is 1. The highest BCUT2D eigenvalue weighted by molar-refractivity contribution is 7.98. The standard InChI is InChI=1S/C12H22N4O2S2/c1-18-7-6-15-12-16-10(13)9(20-12)11(17)14-5-3-4-8-19-2/h3-8,13H2,1-2H3,(H,14,17)(H,15,16). The molecule has 4 N–H and O–H groups in total. The number of nitrogen functional groups attached to an aromatic ring is 1. The van der Waals surface area contributed by atoms with Gasteiger partial charge in [0.05, 0.1) is 6.61 Å². The molecule has 1 aromatic rings. The van der Waals surface area contributed by atoms with Crippen molar-refractivity contribution in [3.05, 3.63) is 4.88 Å². The van der Waals surface area contributed by atoms with Crippen LogP contribution >= 0.6 is 23.1 Å². The molecule has 0 fully saturated rings. The highest BCUT2D eigenvalue weighted by Gasteiger charge is 2.15. The van der Waals surface area contributed by atoms with Crippen LogP contribution in [0.2, 0.25) is 0 Å². The molecule has 0 aliphatic heterocycles. The van der Waals surface area contributed by atoms with E-state index < -0.39 is 0 Å². The summed E-state index contributed by atoms with van der Waals surface area (Å²) in [4.78, 5) is 16.6. The molecule has 0 bridgehead atoms. The van der Waals surface area contributed by atoms with E-state index in [9.17, 15) is 4.79 Å². The van der Waals surface area contributed by atoms with Crippen molar-refractivity contribution < 1.29 is 9.53 Å². The molecule has 0 radical (unpaired) electrons. The minimum Gasteiger partial charge on any atom is -0.383 e. The van der Waals surface area contributed by atoms with Gasteiger partial charge in [0.1, 0.15) is 10.7 Å². The van der Waals surface area contributed by atoms with Gasteiger partial charge in [-0.25, -0.2) is 4.98 Å². The molecule has 1 rings (SSSR count). The van der Waals surface area contributed by atoms with Gasteiger partial charge in [-0.05, 0) is 24.9 Å². The van der Waals surface area contributed by atoms with Crippen LogP contribution in [0.15, 0.2) is 0 Å². The number of rotatable bonds is 10. The molecule has 114 valence electrons. The molecule has 0 saturated carbocycles. The predicted molar refractivity (Wildman–Crippen MR) is 86.8 cm³/mol. The second kappa shape index (κ2) is 9.84. The van der Waals surface area contributed by atoms with Crippen molar-refractivity contribution in [2.45, 2.75) is 12.8 Å². The number of nitrogens with one attached hydrogen (secondary N) is 2. The molecule has 0 aromatic carbocycles. The summed E-state index contributed by atoms with van der Waals surface area (Å²) in [6.07, 6.45) is 4.16. The van der Waals surface area contributed by atoms with Gasteiger partial charge in [-0.1, -0.05) is 11.3 Å². The van der Waals surface area contributed by atoms with E-state index >= 15 is 0 Å². The topological polar surface area (TPSA) is 89.3 Å². The fraction of sp³-hybridized carbons (Fsp3) is 0.667. The maximum absolute atomic E-state index is 12.0. The highest BCUT2D eigenvalue weighted by Crippen LogP contribution is 2.24. The normalized spacial score (nSPS) is 10.5. The minimum atomic E-state index is -0.149. The van der Waals surface area contributed by atoms with Crippen LogP contribution in [0, 0.1) is 0 Å². The lowest BCUT2D eigenvalue weighted by Gasteiger charge is -2.03. The van der Waals surface area contributed by atoms with Gasteiger partial charge in [-0.2, -0.15) is 11.8 Å². The van der Waals surface area contributed by atoms with Gasteiger partial charge in [-0.15, -0.1) is 0 Å². The van der Waals surface area contributed by atoms with Gasteiger partial charge < -0.3 is 21.1 Å². The van der Waals surface area contributed by atoms with Gasteiger partial charge in [-0.3, -0.25) is 4.79 Å². The molecule has 6 nitrogen and oxygen atoms in total. The molecule has 1 heterocycles. The summed E-state index contributed by atoms with van der Waals surface area (Å²) in [6.45, 7) is 1.89. The Morgan fingerprint density at radius 3 is 2.95 bits per heavy atom. The lowest BCUT2D eigenvalue weighted by atomic mass is 10.3. The van der Waals surface area contributed by atoms with Gasteiger partial charge >= 0.3 is 0 Å². The van der Waals surface area contributed by atoms with Gasteiger partial charge in [0.25, 0.3) is 5.91 Å². The summed E-state index contributed by atoms with van der Waals surface area (Å²) in [5.41, 5.74) is 5.76. The van der Waals surface area contributed by atoms with Crippen molar-refractivity contribution in [2.24, 2.45) is 0 Å². The Morgan fingerprint density at radius 2 is 2.25 bits per heavy atom. The predicted octanol–water partition coefficient (Wildman–Crippen LogP) is 1.66. The number of amides is 1. The Kier molecular flexibility index (Phi) is 8.40. The Bertz CT molecular complexity index is 412. The van der Waals surface area contributed by atoms with Gasteiger partial charge in [0.2, 0.25) is 0 Å². The van der Waals surface area contributed by atoms with Crippen molar-refractivity contribution in [1.82, 2.24) is 10.3 Å². The fourth-order valence-electron chi connectivity index (χ4n) is 1.48. The third kappa shape index (κ3) is 5.98. The third-order valence-corrected chi connectivity index (χ3v) is 4.23. The first-order valence-electron chi connectivity index (χ1n) is 6.45. The molecule has 0 saturated heterocycles. The first-order valence-corrected chi connectivity index (χ1v) is 8.66. The number of thiazole rings is 1. The van der Waals surface area contributed by atoms with Gasteiger partial charge in [0.15, 0.2) is 5.13 Å². The van der Waals surface area contributed by atoms with E-state index in [-0.39, 0.29) is 11.7 Å².